The summed E-state index contributed by atoms with van der Waals surface area (Å²) >= 11 is 0. The average molecular weight is 244 g/mol. The number of aliphatic hydroxyl groups is 1. The van der Waals surface area contributed by atoms with Crippen LogP contribution in [0.1, 0.15) is 25.5 Å². The fraction of sp³-hybridized carbons (Fsp3) is 0.400. The second-order valence-electron chi connectivity index (χ2n) is 5.03. The van der Waals surface area contributed by atoms with Gasteiger partial charge in [0.1, 0.15) is 0 Å². The van der Waals surface area contributed by atoms with E-state index in [1.165, 1.54) is 0 Å². The minimum atomic E-state index is -0.539. The summed E-state index contributed by atoms with van der Waals surface area (Å²) in [5.41, 5.74) is 6.70. The molecule has 0 saturated heterocycles. The molecule has 18 heavy (non-hydrogen) atoms. The lowest BCUT2D eigenvalue weighted by atomic mass is 9.85. The second kappa shape index (κ2) is 5.46. The minimum Gasteiger partial charge on any atom is -0.388 e. The summed E-state index contributed by atoms with van der Waals surface area (Å²) in [7, 11) is 0. The largest absolute Gasteiger partial charge is 0.388 e. The summed E-state index contributed by atoms with van der Waals surface area (Å²) < 4.78 is 0. The van der Waals surface area contributed by atoms with Crippen molar-refractivity contribution >= 4 is 10.8 Å². The Labute approximate surface area is 108 Å². The van der Waals surface area contributed by atoms with Gasteiger partial charge in [0.15, 0.2) is 0 Å². The van der Waals surface area contributed by atoms with E-state index < -0.39 is 6.10 Å². The van der Waals surface area contributed by atoms with Gasteiger partial charge in [0, 0.05) is 23.7 Å². The summed E-state index contributed by atoms with van der Waals surface area (Å²) in [5.74, 6) is 0.410. The van der Waals surface area contributed by atoms with Crippen molar-refractivity contribution in [3.8, 4) is 0 Å². The van der Waals surface area contributed by atoms with Gasteiger partial charge in [0.2, 0.25) is 0 Å². The van der Waals surface area contributed by atoms with Crippen LogP contribution >= 0.6 is 0 Å². The van der Waals surface area contributed by atoms with Crippen LogP contribution in [0.3, 0.4) is 0 Å². The second-order valence-corrected chi connectivity index (χ2v) is 5.03. The van der Waals surface area contributed by atoms with Crippen molar-refractivity contribution < 1.29 is 5.11 Å². The van der Waals surface area contributed by atoms with Gasteiger partial charge in [-0.15, -0.1) is 0 Å². The highest BCUT2D eigenvalue weighted by Crippen LogP contribution is 2.31. The molecule has 0 amide bonds. The third-order valence-corrected chi connectivity index (χ3v) is 3.57. The van der Waals surface area contributed by atoms with Crippen LogP contribution < -0.4 is 5.73 Å². The SMILES string of the molecule is CC(C)C(CN)C(O)c1cccc2ccncc12. The first-order valence-corrected chi connectivity index (χ1v) is 6.36. The molecule has 0 aliphatic heterocycles. The molecule has 3 nitrogen and oxygen atoms in total. The molecule has 1 heterocycles. The van der Waals surface area contributed by atoms with Crippen LogP contribution in [-0.4, -0.2) is 16.6 Å². The van der Waals surface area contributed by atoms with Gasteiger partial charge in [-0.1, -0.05) is 32.0 Å². The first-order valence-electron chi connectivity index (χ1n) is 6.36. The normalized spacial score (nSPS) is 14.9. The van der Waals surface area contributed by atoms with E-state index in [9.17, 15) is 5.11 Å². The van der Waals surface area contributed by atoms with Gasteiger partial charge in [-0.2, -0.15) is 0 Å². The molecule has 3 heteroatoms. The van der Waals surface area contributed by atoms with E-state index in [0.717, 1.165) is 16.3 Å². The Morgan fingerprint density at radius 2 is 2.06 bits per heavy atom. The molecule has 0 aliphatic carbocycles. The Balaban J connectivity index is 2.47. The zero-order valence-electron chi connectivity index (χ0n) is 10.9. The molecule has 2 atom stereocenters. The zero-order valence-corrected chi connectivity index (χ0v) is 10.9. The third-order valence-electron chi connectivity index (χ3n) is 3.57. The van der Waals surface area contributed by atoms with Crippen molar-refractivity contribution in [3.05, 3.63) is 42.2 Å². The fourth-order valence-electron chi connectivity index (χ4n) is 2.39. The lowest BCUT2D eigenvalue weighted by molar-refractivity contribution is 0.0873. The molecule has 0 saturated carbocycles. The predicted octanol–water partition coefficient (Wildman–Crippen LogP) is 2.50. The molecule has 1 aromatic carbocycles. The van der Waals surface area contributed by atoms with Crippen molar-refractivity contribution in [1.29, 1.82) is 0 Å². The first-order chi connectivity index (χ1) is 8.65. The molecule has 0 radical (unpaired) electrons. The van der Waals surface area contributed by atoms with E-state index in [2.05, 4.69) is 18.8 Å². The van der Waals surface area contributed by atoms with E-state index in [4.69, 9.17) is 5.73 Å². The van der Waals surface area contributed by atoms with Gasteiger partial charge >= 0.3 is 0 Å². The highest BCUT2D eigenvalue weighted by Gasteiger charge is 2.24. The number of fused-ring (bicyclic) bond motifs is 1. The maximum absolute atomic E-state index is 10.5. The molecular weight excluding hydrogens is 224 g/mol. The van der Waals surface area contributed by atoms with Crippen LogP contribution in [0.2, 0.25) is 0 Å². The smallest absolute Gasteiger partial charge is 0.0839 e. The Morgan fingerprint density at radius 1 is 1.28 bits per heavy atom. The Morgan fingerprint density at radius 3 is 2.72 bits per heavy atom. The average Bonchev–Trinajstić information content (AvgIpc) is 2.38. The lowest BCUT2D eigenvalue weighted by Gasteiger charge is -2.26. The number of pyridine rings is 1. The Bertz CT molecular complexity index is 519. The Kier molecular flexibility index (Phi) is 3.94. The summed E-state index contributed by atoms with van der Waals surface area (Å²) in [6.45, 7) is 4.66. The summed E-state index contributed by atoms with van der Waals surface area (Å²) in [6.07, 6.45) is 3.03. The quantitative estimate of drug-likeness (QED) is 0.868. The molecule has 2 aromatic rings. The van der Waals surface area contributed by atoms with Crippen molar-refractivity contribution in [3.63, 3.8) is 0 Å². The molecule has 96 valence electrons. The molecular formula is C15H20N2O. The maximum Gasteiger partial charge on any atom is 0.0839 e. The molecule has 0 bridgehead atoms. The van der Waals surface area contributed by atoms with Crippen molar-refractivity contribution in [2.75, 3.05) is 6.54 Å². The summed E-state index contributed by atoms with van der Waals surface area (Å²) in [4.78, 5) is 4.14. The van der Waals surface area contributed by atoms with Crippen LogP contribution in [0.15, 0.2) is 36.7 Å². The van der Waals surface area contributed by atoms with E-state index in [1.807, 2.05) is 30.5 Å². The number of nitrogens with two attached hydrogens (primary N) is 1. The number of hydrogen-bond donors (Lipinski definition) is 2. The van der Waals surface area contributed by atoms with E-state index in [-0.39, 0.29) is 5.92 Å². The van der Waals surface area contributed by atoms with Crippen LogP contribution in [0.4, 0.5) is 0 Å². The van der Waals surface area contributed by atoms with Gasteiger partial charge in [0.25, 0.3) is 0 Å². The molecule has 1 aromatic heterocycles. The minimum absolute atomic E-state index is 0.0656. The monoisotopic (exact) mass is 244 g/mol. The van der Waals surface area contributed by atoms with Crippen LogP contribution in [0.25, 0.3) is 10.8 Å². The number of aromatic nitrogens is 1. The maximum atomic E-state index is 10.5. The number of benzene rings is 1. The lowest BCUT2D eigenvalue weighted by Crippen LogP contribution is -2.26. The standard InChI is InChI=1S/C15H20N2O/c1-10(2)13(8-16)15(18)12-5-3-4-11-6-7-17-9-14(11)12/h3-7,9-10,13,15,18H,8,16H2,1-2H3. The van der Waals surface area contributed by atoms with Gasteiger partial charge < -0.3 is 10.8 Å². The topological polar surface area (TPSA) is 59.1 Å². The van der Waals surface area contributed by atoms with Crippen molar-refractivity contribution in [2.45, 2.75) is 20.0 Å². The number of aliphatic hydroxyl groups excluding tert-OH is 1. The van der Waals surface area contributed by atoms with Crippen molar-refractivity contribution in [2.24, 2.45) is 17.6 Å². The number of nitrogens with zero attached hydrogens (tertiary/aromatic N) is 1. The van der Waals surface area contributed by atoms with Crippen LogP contribution in [0.5, 0.6) is 0 Å². The van der Waals surface area contributed by atoms with Crippen molar-refractivity contribution in [1.82, 2.24) is 4.98 Å². The van der Waals surface area contributed by atoms with Gasteiger partial charge in [0.05, 0.1) is 6.10 Å². The van der Waals surface area contributed by atoms with Gasteiger partial charge in [-0.25, -0.2) is 0 Å². The van der Waals surface area contributed by atoms with E-state index in [1.54, 1.807) is 6.20 Å². The molecule has 0 fully saturated rings. The fourth-order valence-corrected chi connectivity index (χ4v) is 2.39. The first kappa shape index (κ1) is 13.0. The Hall–Kier alpha value is -1.45. The van der Waals surface area contributed by atoms with Gasteiger partial charge in [-0.3, -0.25) is 4.98 Å². The predicted molar refractivity (Wildman–Crippen MR) is 74.1 cm³/mol. The molecule has 0 spiro atoms. The van der Waals surface area contributed by atoms with E-state index in [0.29, 0.717) is 12.5 Å². The third kappa shape index (κ3) is 2.37. The zero-order chi connectivity index (χ0) is 13.1. The van der Waals surface area contributed by atoms with E-state index >= 15 is 0 Å². The molecule has 3 N–H and O–H groups in total. The number of hydrogen-bond acceptors (Lipinski definition) is 3. The summed E-state index contributed by atoms with van der Waals surface area (Å²) in [5, 5.41) is 12.6. The van der Waals surface area contributed by atoms with Crippen LogP contribution in [0, 0.1) is 11.8 Å². The highest BCUT2D eigenvalue weighted by atomic mass is 16.3. The van der Waals surface area contributed by atoms with Crippen LogP contribution in [-0.2, 0) is 0 Å². The van der Waals surface area contributed by atoms with Gasteiger partial charge in [-0.05, 0) is 29.5 Å². The molecule has 0 aliphatic rings. The number of rotatable bonds is 4. The summed E-state index contributed by atoms with van der Waals surface area (Å²) in [6, 6.07) is 7.91. The molecule has 2 unspecified atom stereocenters. The molecule has 2 rings (SSSR count). The highest BCUT2D eigenvalue weighted by molar-refractivity contribution is 5.85.